The number of hydrogen-bond acceptors (Lipinski definition) is 3. The summed E-state index contributed by atoms with van der Waals surface area (Å²) in [5.41, 5.74) is 0. The summed E-state index contributed by atoms with van der Waals surface area (Å²) in [4.78, 5) is 18.0. The molecule has 19 heavy (non-hydrogen) atoms. The molecule has 0 spiro atoms. The fourth-order valence-electron chi connectivity index (χ4n) is 2.26. The van der Waals surface area contributed by atoms with Crippen LogP contribution < -0.4 is 10.2 Å². The average molecular weight is 323 g/mol. The fourth-order valence-corrected chi connectivity index (χ4v) is 2.86. The normalized spacial score (nSPS) is 19.4. The van der Waals surface area contributed by atoms with Crippen LogP contribution in [-0.2, 0) is 4.79 Å². The van der Waals surface area contributed by atoms with E-state index < -0.39 is 0 Å². The minimum atomic E-state index is -0.263. The van der Waals surface area contributed by atoms with E-state index in [1.807, 2.05) is 4.90 Å². The Bertz CT molecular complexity index is 495. The minimum Gasteiger partial charge on any atom is -0.357 e. The van der Waals surface area contributed by atoms with E-state index in [-0.39, 0.29) is 17.1 Å². The highest BCUT2D eigenvalue weighted by molar-refractivity contribution is 6.43. The van der Waals surface area contributed by atoms with E-state index in [0.29, 0.717) is 15.9 Å². The molecule has 1 saturated heterocycles. The van der Waals surface area contributed by atoms with Crippen molar-refractivity contribution in [2.24, 2.45) is 0 Å². The van der Waals surface area contributed by atoms with Gasteiger partial charge in [0.1, 0.15) is 17.0 Å². The summed E-state index contributed by atoms with van der Waals surface area (Å²) in [5, 5.41) is 3.58. The first-order chi connectivity index (χ1) is 9.04. The number of carbonyl (C=O) groups excluding carboxylic acids is 1. The summed E-state index contributed by atoms with van der Waals surface area (Å²) < 4.78 is 0. The highest BCUT2D eigenvalue weighted by atomic mass is 35.5. The molecular weight excluding hydrogens is 309 g/mol. The van der Waals surface area contributed by atoms with E-state index >= 15 is 0 Å². The Hall–Kier alpha value is -0.710. The minimum absolute atomic E-state index is 0.0383. The Labute approximate surface area is 127 Å². The van der Waals surface area contributed by atoms with Crippen LogP contribution in [0.3, 0.4) is 0 Å². The average Bonchev–Trinajstić information content (AvgIpc) is 2.42. The van der Waals surface area contributed by atoms with E-state index in [9.17, 15) is 4.79 Å². The number of carbonyl (C=O) groups is 1. The maximum Gasteiger partial charge on any atom is 0.242 e. The third-order valence-corrected chi connectivity index (χ3v) is 4.14. The third kappa shape index (κ3) is 3.07. The van der Waals surface area contributed by atoms with Crippen molar-refractivity contribution in [3.8, 4) is 0 Å². The summed E-state index contributed by atoms with van der Waals surface area (Å²) >= 11 is 18.0. The van der Waals surface area contributed by atoms with Gasteiger partial charge in [0.2, 0.25) is 5.91 Å². The number of likely N-dealkylation sites (N-methyl/N-ethyl adjacent to an activating group) is 1. The molecular formula is C12H14Cl3N3O. The van der Waals surface area contributed by atoms with E-state index in [1.54, 1.807) is 13.1 Å². The van der Waals surface area contributed by atoms with Crippen LogP contribution >= 0.6 is 34.8 Å². The van der Waals surface area contributed by atoms with Gasteiger partial charge in [0.25, 0.3) is 0 Å². The van der Waals surface area contributed by atoms with Crippen molar-refractivity contribution in [2.45, 2.75) is 25.3 Å². The van der Waals surface area contributed by atoms with Gasteiger partial charge in [-0.2, -0.15) is 0 Å². The van der Waals surface area contributed by atoms with Gasteiger partial charge < -0.3 is 10.2 Å². The van der Waals surface area contributed by atoms with Crippen LogP contribution in [-0.4, -0.2) is 30.5 Å². The Morgan fingerprint density at radius 3 is 2.79 bits per heavy atom. The maximum absolute atomic E-state index is 11.9. The molecule has 1 N–H and O–H groups in total. The van der Waals surface area contributed by atoms with Crippen molar-refractivity contribution in [2.75, 3.05) is 18.5 Å². The largest absolute Gasteiger partial charge is 0.357 e. The highest BCUT2D eigenvalue weighted by Crippen LogP contribution is 2.34. The summed E-state index contributed by atoms with van der Waals surface area (Å²) in [6.45, 7) is 0.725. The molecule has 1 unspecified atom stereocenters. The first-order valence-electron chi connectivity index (χ1n) is 6.04. The molecule has 1 atom stereocenters. The van der Waals surface area contributed by atoms with E-state index in [0.717, 1.165) is 25.8 Å². The van der Waals surface area contributed by atoms with Gasteiger partial charge >= 0.3 is 0 Å². The number of halogens is 3. The van der Waals surface area contributed by atoms with Gasteiger partial charge in [-0.05, 0) is 25.3 Å². The molecule has 2 heterocycles. The molecule has 1 aliphatic heterocycles. The molecule has 0 aliphatic carbocycles. The number of pyridine rings is 1. The van der Waals surface area contributed by atoms with Gasteiger partial charge in [0.15, 0.2) is 0 Å². The number of piperidine rings is 1. The topological polar surface area (TPSA) is 45.2 Å². The number of nitrogens with zero attached hydrogens (tertiary/aromatic N) is 2. The van der Waals surface area contributed by atoms with Crippen molar-refractivity contribution in [3.63, 3.8) is 0 Å². The lowest BCUT2D eigenvalue weighted by Crippen LogP contribution is -2.49. The quantitative estimate of drug-likeness (QED) is 0.851. The Balaban J connectivity index is 2.37. The zero-order valence-electron chi connectivity index (χ0n) is 10.4. The molecule has 7 heteroatoms. The lowest BCUT2D eigenvalue weighted by molar-refractivity contribution is -0.122. The predicted octanol–water partition coefficient (Wildman–Crippen LogP) is 3.15. The molecule has 0 radical (unpaired) electrons. The van der Waals surface area contributed by atoms with Crippen molar-refractivity contribution in [1.82, 2.24) is 10.3 Å². The smallest absolute Gasteiger partial charge is 0.242 e. The molecule has 0 bridgehead atoms. The van der Waals surface area contributed by atoms with Crippen LogP contribution in [0.4, 0.5) is 5.82 Å². The van der Waals surface area contributed by atoms with Crippen LogP contribution in [0.15, 0.2) is 6.07 Å². The Kier molecular flexibility index (Phi) is 4.76. The number of anilines is 1. The van der Waals surface area contributed by atoms with Crippen LogP contribution in [0.25, 0.3) is 0 Å². The fraction of sp³-hybridized carbons (Fsp3) is 0.500. The summed E-state index contributed by atoms with van der Waals surface area (Å²) in [7, 11) is 1.62. The Morgan fingerprint density at radius 1 is 1.37 bits per heavy atom. The van der Waals surface area contributed by atoms with E-state index in [1.165, 1.54) is 0 Å². The molecule has 0 aromatic carbocycles. The van der Waals surface area contributed by atoms with Crippen LogP contribution in [0.1, 0.15) is 19.3 Å². The first-order valence-corrected chi connectivity index (χ1v) is 7.17. The highest BCUT2D eigenvalue weighted by Gasteiger charge is 2.30. The number of rotatable bonds is 2. The predicted molar refractivity (Wildman–Crippen MR) is 78.3 cm³/mol. The van der Waals surface area contributed by atoms with Gasteiger partial charge in [-0.15, -0.1) is 0 Å². The second kappa shape index (κ2) is 6.16. The monoisotopic (exact) mass is 321 g/mol. The standard InChI is InChI=1S/C12H14Cl3N3O/c1-16-12(19)9-4-2-3-5-18(9)11-8(14)6-7(13)10(15)17-11/h6,9H,2-5H2,1H3,(H,16,19). The van der Waals surface area contributed by atoms with E-state index in [4.69, 9.17) is 34.8 Å². The van der Waals surface area contributed by atoms with Gasteiger partial charge in [0.05, 0.1) is 10.0 Å². The number of amides is 1. The molecule has 4 nitrogen and oxygen atoms in total. The SMILES string of the molecule is CNC(=O)C1CCCCN1c1nc(Cl)c(Cl)cc1Cl. The molecule has 0 saturated carbocycles. The zero-order chi connectivity index (χ0) is 14.0. The molecule has 2 rings (SSSR count). The molecule has 1 aromatic heterocycles. The molecule has 1 amide bonds. The van der Waals surface area contributed by atoms with Gasteiger partial charge in [-0.3, -0.25) is 4.79 Å². The molecule has 1 fully saturated rings. The molecule has 1 aliphatic rings. The van der Waals surface area contributed by atoms with Crippen LogP contribution in [0.5, 0.6) is 0 Å². The first kappa shape index (κ1) is 14.7. The second-order valence-electron chi connectivity index (χ2n) is 4.39. The van der Waals surface area contributed by atoms with Crippen LogP contribution in [0, 0.1) is 0 Å². The Morgan fingerprint density at radius 2 is 2.11 bits per heavy atom. The van der Waals surface area contributed by atoms with Crippen molar-refractivity contribution in [3.05, 3.63) is 21.3 Å². The summed E-state index contributed by atoms with van der Waals surface area (Å²) in [5.74, 6) is 0.480. The van der Waals surface area contributed by atoms with Gasteiger partial charge in [-0.1, -0.05) is 34.8 Å². The summed E-state index contributed by atoms with van der Waals surface area (Å²) in [6, 6.07) is 1.30. The zero-order valence-corrected chi connectivity index (χ0v) is 12.7. The lowest BCUT2D eigenvalue weighted by Gasteiger charge is -2.35. The van der Waals surface area contributed by atoms with E-state index in [2.05, 4.69) is 10.3 Å². The van der Waals surface area contributed by atoms with Crippen molar-refractivity contribution in [1.29, 1.82) is 0 Å². The van der Waals surface area contributed by atoms with Crippen molar-refractivity contribution >= 4 is 46.5 Å². The number of hydrogen-bond donors (Lipinski definition) is 1. The number of aromatic nitrogens is 1. The maximum atomic E-state index is 11.9. The van der Waals surface area contributed by atoms with Gasteiger partial charge in [0, 0.05) is 13.6 Å². The second-order valence-corrected chi connectivity index (χ2v) is 5.56. The number of nitrogens with one attached hydrogen (secondary N) is 1. The van der Waals surface area contributed by atoms with Gasteiger partial charge in [-0.25, -0.2) is 4.98 Å². The third-order valence-electron chi connectivity index (χ3n) is 3.19. The molecule has 1 aromatic rings. The molecule has 104 valence electrons. The van der Waals surface area contributed by atoms with Crippen molar-refractivity contribution < 1.29 is 4.79 Å². The lowest BCUT2D eigenvalue weighted by atomic mass is 10.0. The van der Waals surface area contributed by atoms with Crippen LogP contribution in [0.2, 0.25) is 15.2 Å². The summed E-state index contributed by atoms with van der Waals surface area (Å²) in [6.07, 6.45) is 2.78.